The van der Waals surface area contributed by atoms with Crippen molar-refractivity contribution in [2.75, 3.05) is 45.9 Å². The number of β-amino-alcohol motifs (C(OH)–C–C–N with tert-alkyl or cyclic N) is 1. The van der Waals surface area contributed by atoms with Gasteiger partial charge in [-0.3, -0.25) is 4.90 Å². The first kappa shape index (κ1) is 21.6. The molecule has 1 atom stereocenters. The molecule has 1 fully saturated rings. The van der Waals surface area contributed by atoms with Crippen LogP contribution in [0.25, 0.3) is 0 Å². The molecular weight excluding hydrogens is 409 g/mol. The molecule has 0 saturated carbocycles. The zero-order chi connectivity index (χ0) is 21.1. The molecule has 7 heteroatoms. The lowest BCUT2D eigenvalue weighted by Crippen LogP contribution is -2.47. The number of aliphatic hydroxyl groups is 1. The maximum absolute atomic E-state index is 13.2. The molecule has 1 saturated heterocycles. The highest BCUT2D eigenvalue weighted by atomic mass is 32.2. The predicted octanol–water partition coefficient (Wildman–Crippen LogP) is 4.10. The molecule has 1 N–H and O–H groups in total. The Kier molecular flexibility index (Phi) is 6.63. The quantitative estimate of drug-likeness (QED) is 0.610. The molecule has 0 amide bonds. The predicted molar refractivity (Wildman–Crippen MR) is 115 cm³/mol. The number of fused-ring (bicyclic) bond motifs is 2. The van der Waals surface area contributed by atoms with Crippen molar-refractivity contribution in [2.24, 2.45) is 0 Å². The molecule has 0 spiro atoms. The van der Waals surface area contributed by atoms with E-state index in [0.717, 1.165) is 61.7 Å². The number of alkyl halides is 3. The third-order valence-electron chi connectivity index (χ3n) is 5.83. The van der Waals surface area contributed by atoms with Gasteiger partial charge in [-0.1, -0.05) is 23.6 Å². The van der Waals surface area contributed by atoms with Gasteiger partial charge in [-0.05, 0) is 48.2 Å². The van der Waals surface area contributed by atoms with Crippen LogP contribution >= 0.6 is 10.5 Å². The molecule has 0 bridgehead atoms. The van der Waals surface area contributed by atoms with Crippen LogP contribution in [0.2, 0.25) is 0 Å². The van der Waals surface area contributed by atoms with Crippen LogP contribution < -0.4 is 0 Å². The fraction of sp³-hybridized carbons (Fsp3) is 0.435. The van der Waals surface area contributed by atoms with Crippen molar-refractivity contribution >= 4 is 15.9 Å². The number of aliphatic hydroxyl groups excluding tert-OH is 1. The van der Waals surface area contributed by atoms with Crippen LogP contribution in [0.5, 0.6) is 0 Å². The summed E-state index contributed by atoms with van der Waals surface area (Å²) in [6, 6.07) is 12.4. The van der Waals surface area contributed by atoms with Gasteiger partial charge in [0.2, 0.25) is 0 Å². The standard InChI is InChI=1S/C23H27F3N2OS/c24-23(25,26)20-6-7-22-19(17-20)16-18-4-1-2-5-21(18)30(22)15-3-8-27-9-11-28(12-10-27)13-14-29/h1-2,4-7,15,17,29H,3,8-14,16H2. The monoisotopic (exact) mass is 436 g/mol. The van der Waals surface area contributed by atoms with E-state index in [1.54, 1.807) is 6.07 Å². The van der Waals surface area contributed by atoms with Gasteiger partial charge in [0.1, 0.15) is 0 Å². The molecule has 0 aromatic heterocycles. The second-order valence-electron chi connectivity index (χ2n) is 7.80. The summed E-state index contributed by atoms with van der Waals surface area (Å²) in [6.07, 6.45) is -2.86. The molecule has 4 rings (SSSR count). The fourth-order valence-corrected chi connectivity index (χ4v) is 6.42. The van der Waals surface area contributed by atoms with Gasteiger partial charge in [0.05, 0.1) is 12.2 Å². The van der Waals surface area contributed by atoms with Crippen molar-refractivity contribution in [3.63, 3.8) is 0 Å². The second kappa shape index (κ2) is 9.22. The van der Waals surface area contributed by atoms with E-state index in [2.05, 4.69) is 21.2 Å². The number of nitrogens with zero attached hydrogens (tertiary/aromatic N) is 2. The van der Waals surface area contributed by atoms with Gasteiger partial charge < -0.3 is 10.0 Å². The van der Waals surface area contributed by atoms with E-state index in [0.29, 0.717) is 6.42 Å². The minimum absolute atomic E-state index is 0.200. The van der Waals surface area contributed by atoms with Crippen LogP contribution in [0.15, 0.2) is 52.3 Å². The van der Waals surface area contributed by atoms with Crippen molar-refractivity contribution in [1.82, 2.24) is 9.80 Å². The first-order chi connectivity index (χ1) is 14.5. The van der Waals surface area contributed by atoms with E-state index < -0.39 is 11.7 Å². The van der Waals surface area contributed by atoms with E-state index in [1.807, 2.05) is 18.2 Å². The lowest BCUT2D eigenvalue weighted by molar-refractivity contribution is -0.137. The lowest BCUT2D eigenvalue weighted by Gasteiger charge is -2.34. The molecule has 2 heterocycles. The summed E-state index contributed by atoms with van der Waals surface area (Å²) in [6.45, 7) is 5.81. The Bertz CT molecular complexity index is 921. The van der Waals surface area contributed by atoms with Crippen LogP contribution in [-0.2, 0) is 12.6 Å². The number of hydrogen-bond donors (Lipinski definition) is 1. The van der Waals surface area contributed by atoms with E-state index in [9.17, 15) is 13.2 Å². The molecule has 2 aromatic rings. The highest BCUT2D eigenvalue weighted by molar-refractivity contribution is 8.15. The zero-order valence-electron chi connectivity index (χ0n) is 16.9. The Hall–Kier alpha value is -1.67. The topological polar surface area (TPSA) is 26.7 Å². The molecule has 30 heavy (non-hydrogen) atoms. The summed E-state index contributed by atoms with van der Waals surface area (Å²) in [5, 5.41) is 11.4. The highest BCUT2D eigenvalue weighted by Gasteiger charge is 2.32. The molecular formula is C23H27F3N2OS. The Balaban J connectivity index is 1.53. The Morgan fingerprint density at radius 3 is 2.27 bits per heavy atom. The molecule has 1 unspecified atom stereocenters. The van der Waals surface area contributed by atoms with Gasteiger partial charge in [-0.25, -0.2) is 0 Å². The smallest absolute Gasteiger partial charge is 0.395 e. The maximum atomic E-state index is 13.2. The minimum Gasteiger partial charge on any atom is -0.395 e. The Morgan fingerprint density at radius 2 is 1.57 bits per heavy atom. The molecule has 0 radical (unpaired) electrons. The van der Waals surface area contributed by atoms with Gasteiger partial charge in [-0.2, -0.15) is 13.2 Å². The minimum atomic E-state index is -4.31. The Labute approximate surface area is 178 Å². The third-order valence-corrected chi connectivity index (χ3v) is 8.14. The van der Waals surface area contributed by atoms with Crippen molar-refractivity contribution in [1.29, 1.82) is 0 Å². The van der Waals surface area contributed by atoms with Gasteiger partial charge in [0.25, 0.3) is 0 Å². The van der Waals surface area contributed by atoms with E-state index >= 15 is 0 Å². The Morgan fingerprint density at radius 1 is 0.900 bits per heavy atom. The van der Waals surface area contributed by atoms with Crippen molar-refractivity contribution in [3.8, 4) is 0 Å². The van der Waals surface area contributed by atoms with Crippen molar-refractivity contribution in [3.05, 3.63) is 59.2 Å². The molecule has 3 nitrogen and oxygen atoms in total. The summed E-state index contributed by atoms with van der Waals surface area (Å²) in [5.41, 5.74) is 1.35. The number of rotatable bonds is 5. The summed E-state index contributed by atoms with van der Waals surface area (Å²) >= 11 is 0. The maximum Gasteiger partial charge on any atom is 0.416 e. The lowest BCUT2D eigenvalue weighted by atomic mass is 10.0. The van der Waals surface area contributed by atoms with Crippen LogP contribution in [0.1, 0.15) is 23.1 Å². The summed E-state index contributed by atoms with van der Waals surface area (Å²) < 4.78 is 39.6. The van der Waals surface area contributed by atoms with Crippen LogP contribution in [-0.4, -0.2) is 66.1 Å². The number of piperazine rings is 1. The average Bonchev–Trinajstić information content (AvgIpc) is 2.73. The third kappa shape index (κ3) is 4.80. The number of halogens is 3. The molecule has 2 aliphatic heterocycles. The SMILES string of the molecule is OCCN1CCN(CCC=S2c3ccccc3Cc3cc(C(F)(F)F)ccc32)CC1. The first-order valence-electron chi connectivity index (χ1n) is 10.4. The second-order valence-corrected chi connectivity index (χ2v) is 9.69. The van der Waals surface area contributed by atoms with Gasteiger partial charge >= 0.3 is 6.18 Å². The summed E-state index contributed by atoms with van der Waals surface area (Å²) in [5.74, 6) is 0. The van der Waals surface area contributed by atoms with Crippen LogP contribution in [0.4, 0.5) is 13.2 Å². The van der Waals surface area contributed by atoms with Crippen LogP contribution in [0.3, 0.4) is 0 Å². The highest BCUT2D eigenvalue weighted by Crippen LogP contribution is 2.46. The van der Waals surface area contributed by atoms with Gasteiger partial charge in [0, 0.05) is 49.1 Å². The van der Waals surface area contributed by atoms with E-state index in [4.69, 9.17) is 5.11 Å². The molecule has 0 aliphatic carbocycles. The van der Waals surface area contributed by atoms with Crippen LogP contribution in [0, 0.1) is 0 Å². The number of hydrogen-bond acceptors (Lipinski definition) is 3. The summed E-state index contributed by atoms with van der Waals surface area (Å²) in [4.78, 5) is 6.96. The normalized spacial score (nSPS) is 20.2. The van der Waals surface area contributed by atoms with Crippen molar-refractivity contribution < 1.29 is 18.3 Å². The fourth-order valence-electron chi connectivity index (χ4n) is 4.21. The largest absolute Gasteiger partial charge is 0.416 e. The van der Waals surface area contributed by atoms with Gasteiger partial charge in [0.15, 0.2) is 0 Å². The van der Waals surface area contributed by atoms with E-state index in [-0.39, 0.29) is 17.1 Å². The molecule has 162 valence electrons. The molecule has 2 aliphatic rings. The molecule has 2 aromatic carbocycles. The zero-order valence-corrected chi connectivity index (χ0v) is 17.7. The summed E-state index contributed by atoms with van der Waals surface area (Å²) in [7, 11) is -0.306. The van der Waals surface area contributed by atoms with E-state index in [1.165, 1.54) is 17.0 Å². The van der Waals surface area contributed by atoms with Crippen molar-refractivity contribution in [2.45, 2.75) is 28.8 Å². The number of benzene rings is 2. The van der Waals surface area contributed by atoms with Gasteiger partial charge in [-0.15, -0.1) is 10.5 Å². The first-order valence-corrected chi connectivity index (χ1v) is 11.6. The average molecular weight is 437 g/mol.